The molecule has 0 saturated carbocycles. The molecule has 1 aromatic rings. The summed E-state index contributed by atoms with van der Waals surface area (Å²) in [7, 11) is 0. The second-order valence-electron chi connectivity index (χ2n) is 6.15. The van der Waals surface area contributed by atoms with Crippen LogP contribution in [0.25, 0.3) is 6.08 Å². The van der Waals surface area contributed by atoms with Crippen molar-refractivity contribution < 1.29 is 14.8 Å². The Balaban J connectivity index is 1.81. The monoisotopic (exact) mass is 458 g/mol. The number of hydrogen-bond donors (Lipinski definition) is 3. The number of anilines is 1. The smallest absolute Gasteiger partial charge is 0.267 e. The first kappa shape index (κ1) is 19.6. The third kappa shape index (κ3) is 6.28. The lowest BCUT2D eigenvalue weighted by Crippen LogP contribution is -2.38. The van der Waals surface area contributed by atoms with E-state index in [9.17, 15) is 9.59 Å². The fraction of sp³-hybridized carbons (Fsp3) is 0.471. The lowest BCUT2D eigenvalue weighted by molar-refractivity contribution is -0.132. The second kappa shape index (κ2) is 9.71. The first-order valence-corrected chi connectivity index (χ1v) is 9.37. The molecule has 0 radical (unpaired) electrons. The van der Waals surface area contributed by atoms with Gasteiger partial charge in [0.2, 0.25) is 5.91 Å². The number of likely N-dealkylation sites (tertiary alicyclic amines) is 1. The van der Waals surface area contributed by atoms with Gasteiger partial charge in [0.15, 0.2) is 0 Å². The molecule has 0 bridgehead atoms. The Kier molecular flexibility index (Phi) is 7.63. The van der Waals surface area contributed by atoms with Gasteiger partial charge in [-0.15, -0.1) is 0 Å². The van der Waals surface area contributed by atoms with Gasteiger partial charge in [-0.1, -0.05) is 6.92 Å². The van der Waals surface area contributed by atoms with Crippen molar-refractivity contribution in [2.75, 3.05) is 25.0 Å². The Hall–Kier alpha value is -1.68. The van der Waals surface area contributed by atoms with E-state index in [1.165, 1.54) is 11.6 Å². The van der Waals surface area contributed by atoms with Crippen LogP contribution in [0.15, 0.2) is 18.3 Å². The summed E-state index contributed by atoms with van der Waals surface area (Å²) in [6.45, 7) is 4.48. The highest BCUT2D eigenvalue weighted by Gasteiger charge is 2.19. The summed E-state index contributed by atoms with van der Waals surface area (Å²) in [5, 5.41) is 11.6. The number of piperidine rings is 1. The van der Waals surface area contributed by atoms with E-state index < -0.39 is 5.91 Å². The molecule has 1 aromatic heterocycles. The van der Waals surface area contributed by atoms with E-state index in [-0.39, 0.29) is 5.91 Å². The van der Waals surface area contributed by atoms with Gasteiger partial charge in [0.25, 0.3) is 5.91 Å². The quantitative estimate of drug-likeness (QED) is 0.263. The zero-order chi connectivity index (χ0) is 18.2. The molecule has 8 heteroatoms. The van der Waals surface area contributed by atoms with Crippen LogP contribution in [-0.2, 0) is 9.59 Å². The van der Waals surface area contributed by atoms with Gasteiger partial charge < -0.3 is 10.2 Å². The number of amides is 2. The van der Waals surface area contributed by atoms with Crippen LogP contribution in [0.2, 0.25) is 0 Å². The third-order valence-corrected chi connectivity index (χ3v) is 4.99. The molecular formula is C17H23IN4O3. The Bertz CT molecular complexity index is 643. The van der Waals surface area contributed by atoms with Crippen LogP contribution in [0, 0.1) is 9.49 Å². The minimum atomic E-state index is -0.595. The van der Waals surface area contributed by atoms with Crippen LogP contribution < -0.4 is 10.8 Å². The number of halogens is 1. The predicted molar refractivity (Wildman–Crippen MR) is 104 cm³/mol. The van der Waals surface area contributed by atoms with E-state index in [0.29, 0.717) is 24.7 Å². The SMILES string of the molecule is CC1CCN(C(=O)CCNc2ncc(/C=C/C(=O)NO)cc2I)CC1. The van der Waals surface area contributed by atoms with Crippen LogP contribution in [0.1, 0.15) is 31.7 Å². The molecule has 1 aliphatic rings. The average molecular weight is 458 g/mol. The average Bonchev–Trinajstić information content (AvgIpc) is 2.61. The zero-order valence-corrected chi connectivity index (χ0v) is 16.3. The highest BCUT2D eigenvalue weighted by atomic mass is 127. The maximum Gasteiger partial charge on any atom is 0.267 e. The highest BCUT2D eigenvalue weighted by Crippen LogP contribution is 2.18. The zero-order valence-electron chi connectivity index (χ0n) is 14.2. The van der Waals surface area contributed by atoms with Crippen molar-refractivity contribution in [1.82, 2.24) is 15.4 Å². The van der Waals surface area contributed by atoms with E-state index >= 15 is 0 Å². The Morgan fingerprint density at radius 1 is 1.44 bits per heavy atom. The number of rotatable bonds is 6. The van der Waals surface area contributed by atoms with Crippen molar-refractivity contribution in [2.45, 2.75) is 26.2 Å². The van der Waals surface area contributed by atoms with Crippen molar-refractivity contribution in [3.63, 3.8) is 0 Å². The van der Waals surface area contributed by atoms with Gasteiger partial charge in [0.1, 0.15) is 5.82 Å². The molecule has 2 rings (SSSR count). The topological polar surface area (TPSA) is 94.6 Å². The van der Waals surface area contributed by atoms with Gasteiger partial charge in [-0.25, -0.2) is 10.5 Å². The van der Waals surface area contributed by atoms with Gasteiger partial charge in [-0.2, -0.15) is 0 Å². The summed E-state index contributed by atoms with van der Waals surface area (Å²) in [5.74, 6) is 1.01. The van der Waals surface area contributed by atoms with Gasteiger partial charge in [0.05, 0.1) is 3.57 Å². The summed E-state index contributed by atoms with van der Waals surface area (Å²) in [5.41, 5.74) is 2.28. The van der Waals surface area contributed by atoms with Crippen molar-refractivity contribution in [3.05, 3.63) is 27.5 Å². The largest absolute Gasteiger partial charge is 0.369 e. The molecular weight excluding hydrogens is 435 g/mol. The normalized spacial score (nSPS) is 15.4. The minimum Gasteiger partial charge on any atom is -0.369 e. The lowest BCUT2D eigenvalue weighted by atomic mass is 9.99. The Morgan fingerprint density at radius 2 is 2.16 bits per heavy atom. The van der Waals surface area contributed by atoms with E-state index in [4.69, 9.17) is 5.21 Å². The molecule has 0 aromatic carbocycles. The number of aromatic nitrogens is 1. The molecule has 25 heavy (non-hydrogen) atoms. The molecule has 136 valence electrons. The molecule has 3 N–H and O–H groups in total. The molecule has 0 unspecified atom stereocenters. The van der Waals surface area contributed by atoms with E-state index in [1.807, 2.05) is 11.0 Å². The number of nitrogens with zero attached hydrogens (tertiary/aromatic N) is 2. The maximum atomic E-state index is 12.2. The standard InChI is InChI=1S/C17H23IN4O3/c1-12-5-8-22(9-6-12)16(24)4-7-19-17-14(18)10-13(11-20-17)2-3-15(23)21-25/h2-3,10-12,25H,4-9H2,1H3,(H,19,20)(H,21,23)/b3-2+. The van der Waals surface area contributed by atoms with E-state index in [0.717, 1.165) is 35.1 Å². The first-order valence-electron chi connectivity index (χ1n) is 8.29. The van der Waals surface area contributed by atoms with Crippen molar-refractivity contribution >= 4 is 46.3 Å². The van der Waals surface area contributed by atoms with Gasteiger partial charge in [-0.05, 0) is 59.1 Å². The molecule has 1 aliphatic heterocycles. The van der Waals surface area contributed by atoms with Crippen LogP contribution in [0.4, 0.5) is 5.82 Å². The fourth-order valence-corrected chi connectivity index (χ4v) is 3.28. The van der Waals surface area contributed by atoms with Crippen LogP contribution in [0.3, 0.4) is 0 Å². The second-order valence-corrected chi connectivity index (χ2v) is 7.31. The Labute approximate surface area is 161 Å². The van der Waals surface area contributed by atoms with Crippen LogP contribution in [-0.4, -0.2) is 46.5 Å². The number of nitrogens with one attached hydrogen (secondary N) is 2. The summed E-state index contributed by atoms with van der Waals surface area (Å²) < 4.78 is 0.892. The third-order valence-electron chi connectivity index (χ3n) is 4.17. The molecule has 1 fully saturated rings. The summed E-state index contributed by atoms with van der Waals surface area (Å²) >= 11 is 2.15. The summed E-state index contributed by atoms with van der Waals surface area (Å²) in [4.78, 5) is 29.4. The number of carbonyl (C=O) groups is 2. The molecule has 0 aliphatic carbocycles. The lowest BCUT2D eigenvalue weighted by Gasteiger charge is -2.30. The molecule has 2 amide bonds. The summed E-state index contributed by atoms with van der Waals surface area (Å²) in [6, 6.07) is 1.87. The number of hydrogen-bond acceptors (Lipinski definition) is 5. The summed E-state index contributed by atoms with van der Waals surface area (Å²) in [6.07, 6.45) is 7.03. The van der Waals surface area contributed by atoms with E-state index in [2.05, 4.69) is 39.8 Å². The maximum absolute atomic E-state index is 12.2. The van der Waals surface area contributed by atoms with Crippen molar-refractivity contribution in [3.8, 4) is 0 Å². The molecule has 0 spiro atoms. The molecule has 1 saturated heterocycles. The fourth-order valence-electron chi connectivity index (χ4n) is 2.59. The minimum absolute atomic E-state index is 0.184. The van der Waals surface area contributed by atoms with Crippen LogP contribution >= 0.6 is 22.6 Å². The number of carbonyl (C=O) groups excluding carboxylic acids is 2. The van der Waals surface area contributed by atoms with Crippen LogP contribution in [0.5, 0.6) is 0 Å². The van der Waals surface area contributed by atoms with Gasteiger partial charge >= 0.3 is 0 Å². The number of hydroxylamine groups is 1. The Morgan fingerprint density at radius 3 is 2.80 bits per heavy atom. The predicted octanol–water partition coefficient (Wildman–Crippen LogP) is 2.27. The van der Waals surface area contributed by atoms with Gasteiger partial charge in [-0.3, -0.25) is 14.8 Å². The van der Waals surface area contributed by atoms with E-state index in [1.54, 1.807) is 12.3 Å². The first-order chi connectivity index (χ1) is 12.0. The van der Waals surface area contributed by atoms with Gasteiger partial charge in [0, 0.05) is 38.3 Å². The molecule has 0 atom stereocenters. The number of pyridine rings is 1. The van der Waals surface area contributed by atoms with Crippen molar-refractivity contribution in [2.24, 2.45) is 5.92 Å². The molecule has 2 heterocycles. The van der Waals surface area contributed by atoms with Crippen molar-refractivity contribution in [1.29, 1.82) is 0 Å². The molecule has 7 nitrogen and oxygen atoms in total. The highest BCUT2D eigenvalue weighted by molar-refractivity contribution is 14.1.